The smallest absolute Gasteiger partial charge is 0.243 e. The Morgan fingerprint density at radius 2 is 1.81 bits per heavy atom. The maximum absolute atomic E-state index is 12.0. The van der Waals surface area contributed by atoms with Gasteiger partial charge in [0.05, 0.1) is 11.6 Å². The number of phenolic OH excluding ortho intramolecular Hbond substituents is 1. The maximum atomic E-state index is 12.0. The fourth-order valence-corrected chi connectivity index (χ4v) is 4.44. The van der Waals surface area contributed by atoms with Crippen LogP contribution in [0.3, 0.4) is 0 Å². The van der Waals surface area contributed by atoms with Crippen LogP contribution < -0.4 is 14.8 Å². The number of hydrogen-bond acceptors (Lipinski definition) is 6. The highest BCUT2D eigenvalue weighted by Crippen LogP contribution is 2.28. The van der Waals surface area contributed by atoms with Gasteiger partial charge in [-0.25, -0.2) is 13.1 Å². The molecule has 8 nitrogen and oxygen atoms in total. The second-order valence-electron chi connectivity index (χ2n) is 7.38. The van der Waals surface area contributed by atoms with Crippen LogP contribution in [0.4, 0.5) is 0 Å². The molecule has 0 aliphatic carbocycles. The minimum atomic E-state index is -3.82. The summed E-state index contributed by atoms with van der Waals surface area (Å²) in [6, 6.07) is 18.1. The lowest BCUT2D eigenvalue weighted by Gasteiger charge is -2.14. The van der Waals surface area contributed by atoms with Gasteiger partial charge in [-0.2, -0.15) is 0 Å². The van der Waals surface area contributed by atoms with E-state index in [0.29, 0.717) is 18.7 Å². The van der Waals surface area contributed by atoms with Crippen molar-refractivity contribution in [3.63, 3.8) is 0 Å². The van der Waals surface area contributed by atoms with Crippen molar-refractivity contribution in [2.75, 3.05) is 26.7 Å². The zero-order valence-electron chi connectivity index (χ0n) is 17.5. The molecule has 0 spiro atoms. The predicted octanol–water partition coefficient (Wildman–Crippen LogP) is 2.64. The van der Waals surface area contributed by atoms with Crippen LogP contribution in [0.1, 0.15) is 11.7 Å². The summed E-state index contributed by atoms with van der Waals surface area (Å²) in [7, 11) is -2.56. The Hall–Kier alpha value is -3.11. The molecule has 32 heavy (non-hydrogen) atoms. The molecule has 0 saturated heterocycles. The second kappa shape index (κ2) is 9.17. The number of sulfonamides is 1. The number of aliphatic hydroxyl groups excluding tert-OH is 1. The van der Waals surface area contributed by atoms with Crippen LogP contribution in [-0.4, -0.2) is 50.4 Å². The number of phenols is 1. The van der Waals surface area contributed by atoms with Crippen LogP contribution in [-0.2, 0) is 10.0 Å². The van der Waals surface area contributed by atoms with E-state index < -0.39 is 16.1 Å². The van der Waals surface area contributed by atoms with Crippen LogP contribution >= 0.6 is 0 Å². The van der Waals surface area contributed by atoms with Gasteiger partial charge >= 0.3 is 0 Å². The normalized spacial score (nSPS) is 12.9. The van der Waals surface area contributed by atoms with Crippen molar-refractivity contribution < 1.29 is 23.4 Å². The highest BCUT2D eigenvalue weighted by Gasteiger charge is 2.19. The average molecular weight is 456 g/mol. The van der Waals surface area contributed by atoms with E-state index in [1.54, 1.807) is 0 Å². The largest absolute Gasteiger partial charge is 0.507 e. The Labute approximate surface area is 185 Å². The molecule has 3 aromatic carbocycles. The first-order valence-corrected chi connectivity index (χ1v) is 11.7. The summed E-state index contributed by atoms with van der Waals surface area (Å²) in [5, 5.41) is 25.6. The van der Waals surface area contributed by atoms with E-state index in [0.717, 1.165) is 22.2 Å². The molecule has 1 unspecified atom stereocenters. The third kappa shape index (κ3) is 4.56. The molecule has 1 atom stereocenters. The van der Waals surface area contributed by atoms with E-state index in [2.05, 4.69) is 21.1 Å². The zero-order valence-corrected chi connectivity index (χ0v) is 18.3. The molecule has 0 aliphatic rings. The average Bonchev–Trinajstić information content (AvgIpc) is 3.16. The summed E-state index contributed by atoms with van der Waals surface area (Å²) in [5.74, 6) is 0.371. The van der Waals surface area contributed by atoms with Crippen LogP contribution in [0.5, 0.6) is 11.5 Å². The third-order valence-electron chi connectivity index (χ3n) is 5.29. The molecular weight excluding hydrogens is 430 g/mol. The number of hydrogen-bond donors (Lipinski definition) is 5. The highest BCUT2D eigenvalue weighted by atomic mass is 32.2. The lowest BCUT2D eigenvalue weighted by atomic mass is 10.1. The summed E-state index contributed by atoms with van der Waals surface area (Å²) in [6.07, 6.45) is -0.941. The molecule has 5 N–H and O–H groups in total. The number of aromatic hydroxyl groups is 1. The molecule has 4 aromatic rings. The van der Waals surface area contributed by atoms with E-state index in [1.807, 2.05) is 36.4 Å². The first-order valence-electron chi connectivity index (χ1n) is 10.2. The summed E-state index contributed by atoms with van der Waals surface area (Å²) >= 11 is 0. The second-order valence-corrected chi connectivity index (χ2v) is 9.24. The van der Waals surface area contributed by atoms with Gasteiger partial charge in [-0.1, -0.05) is 24.3 Å². The number of ether oxygens (including phenoxy) is 1. The van der Waals surface area contributed by atoms with Crippen molar-refractivity contribution >= 4 is 31.8 Å². The number of para-hydroxylation sites is 1. The number of fused-ring (bicyclic) bond motifs is 3. The maximum Gasteiger partial charge on any atom is 0.243 e. The summed E-state index contributed by atoms with van der Waals surface area (Å²) in [4.78, 5) is 3.11. The third-order valence-corrected chi connectivity index (χ3v) is 6.73. The first-order chi connectivity index (χ1) is 15.4. The predicted molar refractivity (Wildman–Crippen MR) is 123 cm³/mol. The van der Waals surface area contributed by atoms with Crippen molar-refractivity contribution in [3.05, 3.63) is 66.2 Å². The van der Waals surface area contributed by atoms with Crippen LogP contribution in [0.25, 0.3) is 21.8 Å². The first kappa shape index (κ1) is 22.1. The molecule has 0 aliphatic heterocycles. The van der Waals surface area contributed by atoms with Gasteiger partial charge in [-0.3, -0.25) is 0 Å². The van der Waals surface area contributed by atoms with Gasteiger partial charge in [0.15, 0.2) is 0 Å². The minimum Gasteiger partial charge on any atom is -0.507 e. The topological polar surface area (TPSA) is 124 Å². The van der Waals surface area contributed by atoms with E-state index in [-0.39, 0.29) is 17.2 Å². The molecule has 0 saturated carbocycles. The van der Waals surface area contributed by atoms with Gasteiger partial charge in [0.25, 0.3) is 0 Å². The molecule has 1 aromatic heterocycles. The van der Waals surface area contributed by atoms with Gasteiger partial charge in [-0.05, 0) is 42.9 Å². The van der Waals surface area contributed by atoms with Crippen molar-refractivity contribution in [1.82, 2.24) is 15.0 Å². The number of aromatic nitrogens is 1. The molecule has 168 valence electrons. The van der Waals surface area contributed by atoms with Gasteiger partial charge in [0, 0.05) is 35.4 Å². The van der Waals surface area contributed by atoms with Gasteiger partial charge in [-0.15, -0.1) is 0 Å². The van der Waals surface area contributed by atoms with Gasteiger partial charge in [0.2, 0.25) is 10.0 Å². The number of rotatable bonds is 9. The van der Waals surface area contributed by atoms with Crippen molar-refractivity contribution in [2.45, 2.75) is 11.0 Å². The van der Waals surface area contributed by atoms with Crippen molar-refractivity contribution in [2.24, 2.45) is 0 Å². The number of aliphatic hydroxyl groups is 1. The molecule has 4 rings (SSSR count). The molecule has 0 amide bonds. The number of H-pyrrole nitrogens is 1. The Balaban J connectivity index is 1.31. The number of benzene rings is 3. The SMILES string of the molecule is CNS(=O)(=O)c1cc(C(O)CNCCOc2ccc3c(c2)[nH]c2ccccc23)ccc1O. The Morgan fingerprint density at radius 1 is 1.03 bits per heavy atom. The Morgan fingerprint density at radius 3 is 2.62 bits per heavy atom. The Bertz CT molecular complexity index is 1350. The summed E-state index contributed by atoms with van der Waals surface area (Å²) in [5.41, 5.74) is 2.47. The quantitative estimate of drug-likeness (QED) is 0.247. The van der Waals surface area contributed by atoms with Crippen molar-refractivity contribution in [1.29, 1.82) is 0 Å². The van der Waals surface area contributed by atoms with Gasteiger partial charge < -0.3 is 25.3 Å². The summed E-state index contributed by atoms with van der Waals surface area (Å²) in [6.45, 7) is 1.09. The molecule has 1 heterocycles. The van der Waals surface area contributed by atoms with Crippen molar-refractivity contribution in [3.8, 4) is 11.5 Å². The Kier molecular flexibility index (Phi) is 6.33. The minimum absolute atomic E-state index is 0.203. The zero-order chi connectivity index (χ0) is 22.7. The van der Waals surface area contributed by atoms with E-state index in [4.69, 9.17) is 4.74 Å². The standard InChI is InChI=1S/C23H25N3O5S/c1-24-32(29,30)23-12-15(6-9-21(23)27)22(28)14-25-10-11-31-16-7-8-18-17-4-2-3-5-19(17)26-20(18)13-16/h2-9,12-13,22,24-28H,10-11,14H2,1H3. The fraction of sp³-hybridized carbons (Fsp3) is 0.217. The molecule has 9 heteroatoms. The lowest BCUT2D eigenvalue weighted by molar-refractivity contribution is 0.171. The molecule has 0 bridgehead atoms. The number of nitrogens with one attached hydrogen (secondary N) is 3. The summed E-state index contributed by atoms with van der Waals surface area (Å²) < 4.78 is 31.9. The van der Waals surface area contributed by atoms with Crippen LogP contribution in [0.15, 0.2) is 65.6 Å². The monoisotopic (exact) mass is 455 g/mol. The van der Waals surface area contributed by atoms with E-state index in [9.17, 15) is 18.6 Å². The van der Waals surface area contributed by atoms with E-state index in [1.165, 1.54) is 30.6 Å². The fourth-order valence-electron chi connectivity index (χ4n) is 3.58. The molecular formula is C23H25N3O5S. The van der Waals surface area contributed by atoms with E-state index >= 15 is 0 Å². The van der Waals surface area contributed by atoms with Crippen LogP contribution in [0, 0.1) is 0 Å². The highest BCUT2D eigenvalue weighted by molar-refractivity contribution is 7.89. The lowest BCUT2D eigenvalue weighted by Crippen LogP contribution is -2.26. The van der Waals surface area contributed by atoms with Gasteiger partial charge in [0.1, 0.15) is 23.0 Å². The number of aromatic amines is 1. The molecule has 0 fully saturated rings. The molecule has 0 radical (unpaired) electrons. The van der Waals surface area contributed by atoms with Crippen LogP contribution in [0.2, 0.25) is 0 Å².